The molecule has 1 saturated carbocycles. The quantitative estimate of drug-likeness (QED) is 0.866. The number of hydrogen-bond acceptors (Lipinski definition) is 5. The maximum Gasteiger partial charge on any atom is 0.265 e. The van der Waals surface area contributed by atoms with Gasteiger partial charge in [-0.25, -0.2) is 0 Å². The summed E-state index contributed by atoms with van der Waals surface area (Å²) in [5.41, 5.74) is 0.779. The number of hydrogen-bond donors (Lipinski definition) is 2. The third kappa shape index (κ3) is 3.05. The van der Waals surface area contributed by atoms with Gasteiger partial charge in [-0.3, -0.25) is 4.79 Å². The van der Waals surface area contributed by atoms with Crippen LogP contribution in [0.2, 0.25) is 0 Å². The molecule has 0 unspecified atom stereocenters. The lowest BCUT2D eigenvalue weighted by molar-refractivity contribution is 0.0917. The van der Waals surface area contributed by atoms with Crippen molar-refractivity contribution in [3.05, 3.63) is 10.6 Å². The molecule has 18 heavy (non-hydrogen) atoms. The van der Waals surface area contributed by atoms with E-state index < -0.39 is 0 Å². The predicted molar refractivity (Wildman–Crippen MR) is 69.6 cm³/mol. The standard InChI is InChI=1S/C12H19N3O2S/c1-2-10-11(18-15-14-10)12(17)13-9-5-3-8(7-16)4-6-9/h8-9,16H,2-7H2,1H3,(H,13,17). The van der Waals surface area contributed by atoms with Crippen LogP contribution in [0.25, 0.3) is 0 Å². The topological polar surface area (TPSA) is 75.1 Å². The number of aromatic nitrogens is 2. The summed E-state index contributed by atoms with van der Waals surface area (Å²) in [5.74, 6) is 0.365. The molecule has 1 aromatic heterocycles. The molecular weight excluding hydrogens is 250 g/mol. The molecule has 0 radical (unpaired) electrons. The molecule has 1 fully saturated rings. The van der Waals surface area contributed by atoms with Gasteiger partial charge in [-0.1, -0.05) is 11.4 Å². The van der Waals surface area contributed by atoms with E-state index in [2.05, 4.69) is 14.9 Å². The molecule has 1 amide bonds. The van der Waals surface area contributed by atoms with Crippen LogP contribution >= 0.6 is 11.5 Å². The number of rotatable bonds is 4. The van der Waals surface area contributed by atoms with Gasteiger partial charge in [-0.05, 0) is 49.6 Å². The van der Waals surface area contributed by atoms with Gasteiger partial charge in [0.2, 0.25) is 0 Å². The first kappa shape index (κ1) is 13.4. The fourth-order valence-corrected chi connectivity index (χ4v) is 3.01. The number of amides is 1. The van der Waals surface area contributed by atoms with Crippen LogP contribution in [0.5, 0.6) is 0 Å². The lowest BCUT2D eigenvalue weighted by atomic mass is 9.86. The molecule has 6 heteroatoms. The third-order valence-electron chi connectivity index (χ3n) is 3.54. The Labute approximate surface area is 111 Å². The number of carbonyl (C=O) groups is 1. The SMILES string of the molecule is CCc1nnsc1C(=O)NC1CCC(CO)CC1. The van der Waals surface area contributed by atoms with Gasteiger partial charge < -0.3 is 10.4 Å². The largest absolute Gasteiger partial charge is 0.396 e. The first-order chi connectivity index (χ1) is 8.74. The number of aryl methyl sites for hydroxylation is 1. The molecule has 2 rings (SSSR count). The van der Waals surface area contributed by atoms with Gasteiger partial charge in [0.15, 0.2) is 0 Å². The summed E-state index contributed by atoms with van der Waals surface area (Å²) in [6.07, 6.45) is 4.61. The highest BCUT2D eigenvalue weighted by molar-refractivity contribution is 7.08. The Morgan fingerprint density at radius 3 is 2.78 bits per heavy atom. The molecule has 0 atom stereocenters. The van der Waals surface area contributed by atoms with Crippen molar-refractivity contribution in [2.24, 2.45) is 5.92 Å². The molecule has 0 aromatic carbocycles. The Balaban J connectivity index is 1.89. The maximum absolute atomic E-state index is 12.1. The smallest absolute Gasteiger partial charge is 0.265 e. The number of aliphatic hydroxyl groups excluding tert-OH is 1. The second kappa shape index (κ2) is 6.24. The lowest BCUT2D eigenvalue weighted by Gasteiger charge is -2.27. The number of nitrogens with zero attached hydrogens (tertiary/aromatic N) is 2. The minimum Gasteiger partial charge on any atom is -0.396 e. The normalized spacial score (nSPS) is 23.9. The zero-order valence-electron chi connectivity index (χ0n) is 10.6. The van der Waals surface area contributed by atoms with Crippen molar-refractivity contribution in [3.8, 4) is 0 Å². The van der Waals surface area contributed by atoms with Crippen LogP contribution in [-0.2, 0) is 6.42 Å². The second-order valence-electron chi connectivity index (χ2n) is 4.78. The Kier molecular flexibility index (Phi) is 4.66. The highest BCUT2D eigenvalue weighted by atomic mass is 32.1. The van der Waals surface area contributed by atoms with Crippen molar-refractivity contribution < 1.29 is 9.90 Å². The van der Waals surface area contributed by atoms with Gasteiger partial charge >= 0.3 is 0 Å². The van der Waals surface area contributed by atoms with E-state index in [1.54, 1.807) is 0 Å². The van der Waals surface area contributed by atoms with Crippen molar-refractivity contribution in [2.75, 3.05) is 6.61 Å². The highest BCUT2D eigenvalue weighted by Crippen LogP contribution is 2.24. The van der Waals surface area contributed by atoms with Crippen LogP contribution in [0.4, 0.5) is 0 Å². The number of nitrogens with one attached hydrogen (secondary N) is 1. The molecule has 2 N–H and O–H groups in total. The van der Waals surface area contributed by atoms with E-state index in [1.165, 1.54) is 0 Å². The van der Waals surface area contributed by atoms with E-state index in [0.29, 0.717) is 10.8 Å². The van der Waals surface area contributed by atoms with Crippen molar-refractivity contribution in [1.29, 1.82) is 0 Å². The molecule has 1 aromatic rings. The summed E-state index contributed by atoms with van der Waals surface area (Å²) >= 11 is 1.16. The molecule has 1 aliphatic rings. The summed E-state index contributed by atoms with van der Waals surface area (Å²) in [7, 11) is 0. The molecule has 1 heterocycles. The van der Waals surface area contributed by atoms with Crippen molar-refractivity contribution >= 4 is 17.4 Å². The fourth-order valence-electron chi connectivity index (χ4n) is 2.35. The van der Waals surface area contributed by atoms with Crippen LogP contribution in [0.1, 0.15) is 48.0 Å². The van der Waals surface area contributed by atoms with Gasteiger partial charge in [0.05, 0.1) is 5.69 Å². The summed E-state index contributed by atoms with van der Waals surface area (Å²) in [5, 5.41) is 16.1. The monoisotopic (exact) mass is 269 g/mol. The van der Waals surface area contributed by atoms with E-state index in [1.807, 2.05) is 6.92 Å². The Morgan fingerprint density at radius 2 is 2.17 bits per heavy atom. The van der Waals surface area contributed by atoms with Crippen LogP contribution < -0.4 is 5.32 Å². The van der Waals surface area contributed by atoms with Crippen molar-refractivity contribution in [1.82, 2.24) is 14.9 Å². The third-order valence-corrected chi connectivity index (χ3v) is 4.30. The van der Waals surface area contributed by atoms with Gasteiger partial charge in [0.25, 0.3) is 5.91 Å². The molecule has 0 saturated heterocycles. The number of carbonyl (C=O) groups excluding carboxylic acids is 1. The Hall–Kier alpha value is -1.01. The maximum atomic E-state index is 12.1. The molecule has 0 aliphatic heterocycles. The lowest BCUT2D eigenvalue weighted by Crippen LogP contribution is -2.38. The molecule has 1 aliphatic carbocycles. The molecule has 5 nitrogen and oxygen atoms in total. The summed E-state index contributed by atoms with van der Waals surface area (Å²) in [4.78, 5) is 12.7. The molecule has 0 bridgehead atoms. The van der Waals surface area contributed by atoms with Gasteiger partial charge in [-0.15, -0.1) is 5.10 Å². The van der Waals surface area contributed by atoms with Crippen molar-refractivity contribution in [3.63, 3.8) is 0 Å². The van der Waals surface area contributed by atoms with E-state index in [4.69, 9.17) is 5.11 Å². The van der Waals surface area contributed by atoms with E-state index >= 15 is 0 Å². The predicted octanol–water partition coefficient (Wildman–Crippen LogP) is 1.38. The van der Waals surface area contributed by atoms with Crippen LogP contribution in [0.3, 0.4) is 0 Å². The first-order valence-electron chi connectivity index (χ1n) is 6.47. The van der Waals surface area contributed by atoms with E-state index in [9.17, 15) is 4.79 Å². The average Bonchev–Trinajstić information content (AvgIpc) is 2.88. The van der Waals surface area contributed by atoms with Gasteiger partial charge in [0.1, 0.15) is 4.88 Å². The first-order valence-corrected chi connectivity index (χ1v) is 7.24. The second-order valence-corrected chi connectivity index (χ2v) is 5.53. The highest BCUT2D eigenvalue weighted by Gasteiger charge is 2.24. The zero-order valence-corrected chi connectivity index (χ0v) is 11.4. The van der Waals surface area contributed by atoms with Crippen LogP contribution in [0, 0.1) is 5.92 Å². The summed E-state index contributed by atoms with van der Waals surface area (Å²) < 4.78 is 3.83. The van der Waals surface area contributed by atoms with E-state index in [-0.39, 0.29) is 18.6 Å². The van der Waals surface area contributed by atoms with Crippen LogP contribution in [0.15, 0.2) is 0 Å². The molecular formula is C12H19N3O2S. The number of aliphatic hydroxyl groups is 1. The van der Waals surface area contributed by atoms with Crippen molar-refractivity contribution in [2.45, 2.75) is 45.1 Å². The Bertz CT molecular complexity index is 400. The zero-order chi connectivity index (χ0) is 13.0. The molecule has 100 valence electrons. The minimum atomic E-state index is -0.0469. The Morgan fingerprint density at radius 1 is 1.44 bits per heavy atom. The minimum absolute atomic E-state index is 0.0469. The van der Waals surface area contributed by atoms with E-state index in [0.717, 1.165) is 49.3 Å². The van der Waals surface area contributed by atoms with Crippen LogP contribution in [-0.4, -0.2) is 33.2 Å². The molecule has 0 spiro atoms. The average molecular weight is 269 g/mol. The summed E-state index contributed by atoms with van der Waals surface area (Å²) in [6.45, 7) is 2.24. The summed E-state index contributed by atoms with van der Waals surface area (Å²) in [6, 6.07) is 0.229. The van der Waals surface area contributed by atoms with Gasteiger partial charge in [0, 0.05) is 12.6 Å². The fraction of sp³-hybridized carbons (Fsp3) is 0.750. The van der Waals surface area contributed by atoms with Gasteiger partial charge in [-0.2, -0.15) is 0 Å².